The monoisotopic (exact) mass is 428 g/mol. The van der Waals surface area contributed by atoms with Crippen molar-refractivity contribution >= 4 is 39.2 Å². The first-order chi connectivity index (χ1) is 12.6. The Balaban J connectivity index is 1.49. The van der Waals surface area contributed by atoms with Crippen LogP contribution in [0.25, 0.3) is 11.3 Å². The molecule has 1 aromatic heterocycles. The third-order valence-corrected chi connectivity index (χ3v) is 4.45. The molecule has 2 N–H and O–H groups in total. The zero-order chi connectivity index (χ0) is 18.4. The van der Waals surface area contributed by atoms with Crippen LogP contribution in [0.1, 0.15) is 11.3 Å². The van der Waals surface area contributed by atoms with Gasteiger partial charge in [0, 0.05) is 10.0 Å². The molecule has 0 aliphatic rings. The van der Waals surface area contributed by atoms with Crippen LogP contribution in [0.3, 0.4) is 0 Å². The van der Waals surface area contributed by atoms with Gasteiger partial charge >= 0.3 is 0 Å². The molecule has 6 heteroatoms. The zero-order valence-electron chi connectivity index (χ0n) is 13.9. The maximum absolute atomic E-state index is 12.0. The first-order valence-corrected chi connectivity index (χ1v) is 9.26. The molecule has 0 unspecified atom stereocenters. The molecule has 1 heterocycles. The molecule has 0 aliphatic heterocycles. The molecular weight excluding hydrogens is 412 g/mol. The number of carbonyl (C=O) groups is 1. The van der Waals surface area contributed by atoms with Crippen molar-refractivity contribution in [2.75, 3.05) is 0 Å². The minimum Gasteiger partial charge on any atom is -0.459 e. The number of carbonyl (C=O) groups excluding carboxylic acids is 1. The second kappa shape index (κ2) is 8.78. The maximum atomic E-state index is 12.0. The number of nitrogens with one attached hydrogen (secondary N) is 2. The molecule has 132 valence electrons. The van der Waals surface area contributed by atoms with E-state index < -0.39 is 0 Å². The van der Waals surface area contributed by atoms with Crippen LogP contribution in [-0.2, 0) is 17.8 Å². The van der Waals surface area contributed by atoms with Crippen molar-refractivity contribution in [2.24, 2.45) is 0 Å². The summed E-state index contributed by atoms with van der Waals surface area (Å²) in [6.45, 7) is 0.404. The van der Waals surface area contributed by atoms with Gasteiger partial charge in [0.15, 0.2) is 5.11 Å². The molecule has 0 bridgehead atoms. The van der Waals surface area contributed by atoms with Gasteiger partial charge < -0.3 is 15.1 Å². The number of rotatable bonds is 5. The van der Waals surface area contributed by atoms with Crippen molar-refractivity contribution in [2.45, 2.75) is 13.0 Å². The number of amides is 1. The molecular formula is C20H17BrN2O2S. The standard InChI is InChI=1S/C20H17BrN2O2S/c21-16-8-6-15(7-9-16)18-11-10-17(25-18)13-22-20(26)23-19(24)12-14-4-2-1-3-5-14/h1-11H,12-13H2,(H2,22,23,24,26). The minimum absolute atomic E-state index is 0.149. The molecule has 1 amide bonds. The van der Waals surface area contributed by atoms with Crippen LogP contribution in [0, 0.1) is 0 Å². The minimum atomic E-state index is -0.149. The van der Waals surface area contributed by atoms with Crippen molar-refractivity contribution in [3.8, 4) is 11.3 Å². The van der Waals surface area contributed by atoms with E-state index >= 15 is 0 Å². The predicted octanol–water partition coefficient (Wildman–Crippen LogP) is 4.44. The van der Waals surface area contributed by atoms with Crippen molar-refractivity contribution < 1.29 is 9.21 Å². The average molecular weight is 429 g/mol. The van der Waals surface area contributed by atoms with E-state index in [0.29, 0.717) is 6.54 Å². The largest absolute Gasteiger partial charge is 0.459 e. The van der Waals surface area contributed by atoms with Gasteiger partial charge in [-0.25, -0.2) is 0 Å². The maximum Gasteiger partial charge on any atom is 0.230 e. The Kier molecular flexibility index (Phi) is 6.20. The lowest BCUT2D eigenvalue weighted by atomic mass is 10.1. The molecule has 3 rings (SSSR count). The molecule has 0 atom stereocenters. The summed E-state index contributed by atoms with van der Waals surface area (Å²) in [5, 5.41) is 5.95. The highest BCUT2D eigenvalue weighted by Crippen LogP contribution is 2.23. The number of thiocarbonyl (C=S) groups is 1. The van der Waals surface area contributed by atoms with E-state index in [4.69, 9.17) is 16.6 Å². The van der Waals surface area contributed by atoms with Gasteiger partial charge in [0.25, 0.3) is 0 Å². The van der Waals surface area contributed by atoms with E-state index in [-0.39, 0.29) is 17.4 Å². The van der Waals surface area contributed by atoms with Crippen LogP contribution in [0.15, 0.2) is 75.6 Å². The first kappa shape index (κ1) is 18.4. The summed E-state index contributed by atoms with van der Waals surface area (Å²) >= 11 is 8.59. The molecule has 0 spiro atoms. The first-order valence-electron chi connectivity index (χ1n) is 8.06. The third kappa shape index (κ3) is 5.28. The van der Waals surface area contributed by atoms with Gasteiger partial charge in [0.1, 0.15) is 11.5 Å². The van der Waals surface area contributed by atoms with Crippen molar-refractivity contribution in [1.29, 1.82) is 0 Å². The number of furan rings is 1. The molecule has 3 aromatic rings. The summed E-state index contributed by atoms with van der Waals surface area (Å²) < 4.78 is 6.83. The lowest BCUT2D eigenvalue weighted by Crippen LogP contribution is -2.39. The van der Waals surface area contributed by atoms with E-state index in [1.54, 1.807) is 0 Å². The lowest BCUT2D eigenvalue weighted by Gasteiger charge is -2.08. The molecule has 0 radical (unpaired) electrons. The fourth-order valence-corrected chi connectivity index (χ4v) is 2.86. The number of hydrogen-bond donors (Lipinski definition) is 2. The van der Waals surface area contributed by atoms with Gasteiger partial charge in [-0.3, -0.25) is 4.79 Å². The molecule has 0 aliphatic carbocycles. The van der Waals surface area contributed by atoms with Crippen molar-refractivity contribution in [1.82, 2.24) is 10.6 Å². The van der Waals surface area contributed by atoms with Crippen molar-refractivity contribution in [3.63, 3.8) is 0 Å². The fourth-order valence-electron chi connectivity index (χ4n) is 2.41. The van der Waals surface area contributed by atoms with Crippen LogP contribution in [0.2, 0.25) is 0 Å². The highest BCUT2D eigenvalue weighted by atomic mass is 79.9. The lowest BCUT2D eigenvalue weighted by molar-refractivity contribution is -0.119. The molecule has 0 saturated heterocycles. The van der Waals surface area contributed by atoms with Crippen molar-refractivity contribution in [3.05, 3.63) is 82.5 Å². The molecule has 26 heavy (non-hydrogen) atoms. The Morgan fingerprint density at radius 1 is 1.00 bits per heavy atom. The zero-order valence-corrected chi connectivity index (χ0v) is 16.3. The fraction of sp³-hybridized carbons (Fsp3) is 0.100. The Morgan fingerprint density at radius 2 is 1.73 bits per heavy atom. The number of hydrogen-bond acceptors (Lipinski definition) is 3. The molecule has 0 saturated carbocycles. The summed E-state index contributed by atoms with van der Waals surface area (Å²) in [7, 11) is 0. The second-order valence-electron chi connectivity index (χ2n) is 5.67. The van der Waals surface area contributed by atoms with Crippen LogP contribution >= 0.6 is 28.1 Å². The van der Waals surface area contributed by atoms with Gasteiger partial charge in [-0.15, -0.1) is 0 Å². The second-order valence-corrected chi connectivity index (χ2v) is 6.99. The number of halogens is 1. The van der Waals surface area contributed by atoms with E-state index in [1.807, 2.05) is 66.7 Å². The van der Waals surface area contributed by atoms with Crippen LogP contribution in [0.5, 0.6) is 0 Å². The topological polar surface area (TPSA) is 54.3 Å². The van der Waals surface area contributed by atoms with Gasteiger partial charge in [-0.05, 0) is 42.0 Å². The Morgan fingerprint density at radius 3 is 2.46 bits per heavy atom. The van der Waals surface area contributed by atoms with E-state index in [0.717, 1.165) is 27.1 Å². The Hall–Kier alpha value is -2.44. The molecule has 0 fully saturated rings. The third-order valence-electron chi connectivity index (χ3n) is 3.67. The van der Waals surface area contributed by atoms with Crippen LogP contribution in [-0.4, -0.2) is 11.0 Å². The quantitative estimate of drug-likeness (QED) is 0.589. The smallest absolute Gasteiger partial charge is 0.230 e. The molecule has 4 nitrogen and oxygen atoms in total. The van der Waals surface area contributed by atoms with Gasteiger partial charge in [-0.1, -0.05) is 58.4 Å². The van der Waals surface area contributed by atoms with E-state index in [9.17, 15) is 4.79 Å². The summed E-state index contributed by atoms with van der Waals surface area (Å²) in [5.41, 5.74) is 1.94. The van der Waals surface area contributed by atoms with Crippen LogP contribution < -0.4 is 10.6 Å². The average Bonchev–Trinajstić information content (AvgIpc) is 3.10. The summed E-state index contributed by atoms with van der Waals surface area (Å²) in [5.74, 6) is 1.37. The predicted molar refractivity (Wildman–Crippen MR) is 110 cm³/mol. The normalized spacial score (nSPS) is 10.3. The summed E-state index contributed by atoms with van der Waals surface area (Å²) in [4.78, 5) is 12.0. The Labute approximate surface area is 165 Å². The van der Waals surface area contributed by atoms with E-state index in [2.05, 4.69) is 26.6 Å². The molecule has 2 aromatic carbocycles. The Bertz CT molecular complexity index is 892. The summed E-state index contributed by atoms with van der Waals surface area (Å²) in [6.07, 6.45) is 0.289. The highest BCUT2D eigenvalue weighted by molar-refractivity contribution is 9.10. The van der Waals surface area contributed by atoms with Gasteiger partial charge in [0.2, 0.25) is 5.91 Å². The van der Waals surface area contributed by atoms with Gasteiger partial charge in [0.05, 0.1) is 13.0 Å². The SMILES string of the molecule is O=C(Cc1ccccc1)NC(=S)NCc1ccc(-c2ccc(Br)cc2)o1. The summed E-state index contributed by atoms with van der Waals surface area (Å²) in [6, 6.07) is 21.2. The van der Waals surface area contributed by atoms with Gasteiger partial charge in [-0.2, -0.15) is 0 Å². The number of benzene rings is 2. The van der Waals surface area contributed by atoms with Crippen LogP contribution in [0.4, 0.5) is 0 Å². The van der Waals surface area contributed by atoms with E-state index in [1.165, 1.54) is 0 Å². The highest BCUT2D eigenvalue weighted by Gasteiger charge is 2.08.